The summed E-state index contributed by atoms with van der Waals surface area (Å²) in [6.07, 6.45) is 5.53. The van der Waals surface area contributed by atoms with Gasteiger partial charge in [0.05, 0.1) is 0 Å². The van der Waals surface area contributed by atoms with E-state index in [1.165, 1.54) is 12.1 Å². The number of hydrogen-bond acceptors (Lipinski definition) is 3. The number of nitrogens with one attached hydrogen (secondary N) is 1. The molecule has 0 saturated carbocycles. The second kappa shape index (κ2) is 7.78. The summed E-state index contributed by atoms with van der Waals surface area (Å²) in [5, 5.41) is 3.40. The summed E-state index contributed by atoms with van der Waals surface area (Å²) in [5.41, 5.74) is 1.11. The van der Waals surface area contributed by atoms with E-state index in [0.717, 1.165) is 37.5 Å². The molecular weight excluding hydrogens is 269 g/mol. The third-order valence-electron chi connectivity index (χ3n) is 3.29. The van der Waals surface area contributed by atoms with Gasteiger partial charge in [-0.25, -0.2) is 9.37 Å². The number of nitrogens with zero attached hydrogens (tertiary/aromatic N) is 2. The maximum atomic E-state index is 12.9. The minimum absolute atomic E-state index is 0.201. The number of ether oxygens (including phenoxy) is 1. The molecule has 5 heteroatoms. The second-order valence-corrected chi connectivity index (χ2v) is 5.17. The van der Waals surface area contributed by atoms with Crippen LogP contribution in [0.4, 0.5) is 10.3 Å². The van der Waals surface area contributed by atoms with E-state index in [-0.39, 0.29) is 11.9 Å². The predicted octanol–water partition coefficient (Wildman–Crippen LogP) is 3.10. The molecule has 1 atom stereocenters. The van der Waals surface area contributed by atoms with Crippen molar-refractivity contribution in [3.8, 4) is 0 Å². The first kappa shape index (κ1) is 15.5. The lowest BCUT2D eigenvalue weighted by atomic mass is 10.1. The molecule has 0 aliphatic heterocycles. The van der Waals surface area contributed by atoms with Gasteiger partial charge in [-0.3, -0.25) is 0 Å². The molecule has 1 aromatic carbocycles. The highest BCUT2D eigenvalue weighted by Gasteiger charge is 2.08. The van der Waals surface area contributed by atoms with Crippen molar-refractivity contribution in [3.05, 3.63) is 48.0 Å². The molecule has 2 rings (SSSR count). The molecule has 0 aliphatic carbocycles. The van der Waals surface area contributed by atoms with Crippen LogP contribution in [0.25, 0.3) is 0 Å². The van der Waals surface area contributed by atoms with Crippen molar-refractivity contribution in [2.75, 3.05) is 19.0 Å². The minimum atomic E-state index is -0.201. The average Bonchev–Trinajstić information content (AvgIpc) is 2.89. The van der Waals surface area contributed by atoms with E-state index in [4.69, 9.17) is 4.74 Å². The molecule has 21 heavy (non-hydrogen) atoms. The molecule has 0 fully saturated rings. The molecule has 0 saturated heterocycles. The van der Waals surface area contributed by atoms with Crippen molar-refractivity contribution in [2.24, 2.45) is 0 Å². The van der Waals surface area contributed by atoms with Gasteiger partial charge in [0.1, 0.15) is 5.82 Å². The Morgan fingerprint density at radius 2 is 2.10 bits per heavy atom. The highest BCUT2D eigenvalue weighted by atomic mass is 19.1. The van der Waals surface area contributed by atoms with Crippen molar-refractivity contribution in [1.29, 1.82) is 0 Å². The molecule has 0 radical (unpaired) electrons. The van der Waals surface area contributed by atoms with Gasteiger partial charge in [-0.15, -0.1) is 0 Å². The van der Waals surface area contributed by atoms with Gasteiger partial charge in [-0.2, -0.15) is 0 Å². The molecule has 1 aromatic heterocycles. The molecule has 114 valence electrons. The Hall–Kier alpha value is -1.88. The topological polar surface area (TPSA) is 39.1 Å². The van der Waals surface area contributed by atoms with E-state index in [9.17, 15) is 4.39 Å². The number of anilines is 1. The summed E-state index contributed by atoms with van der Waals surface area (Å²) in [4.78, 5) is 4.34. The van der Waals surface area contributed by atoms with Gasteiger partial charge in [0.2, 0.25) is 5.95 Å². The maximum absolute atomic E-state index is 12.9. The smallest absolute Gasteiger partial charge is 0.202 e. The van der Waals surface area contributed by atoms with Gasteiger partial charge in [-0.05, 0) is 37.5 Å². The number of rotatable bonds is 8. The van der Waals surface area contributed by atoms with Gasteiger partial charge in [0.15, 0.2) is 0 Å². The molecule has 4 nitrogen and oxygen atoms in total. The summed E-state index contributed by atoms with van der Waals surface area (Å²) in [6, 6.07) is 6.84. The van der Waals surface area contributed by atoms with E-state index >= 15 is 0 Å². The SMILES string of the molecule is COCCCn1ccnc1NC(C)Cc1ccc(F)cc1. The van der Waals surface area contributed by atoms with Crippen LogP contribution in [-0.4, -0.2) is 29.3 Å². The summed E-state index contributed by atoms with van der Waals surface area (Å²) in [6.45, 7) is 3.71. The fraction of sp³-hybridized carbons (Fsp3) is 0.438. The van der Waals surface area contributed by atoms with E-state index in [2.05, 4.69) is 21.8 Å². The Morgan fingerprint density at radius 3 is 2.81 bits per heavy atom. The highest BCUT2D eigenvalue weighted by molar-refractivity contribution is 5.29. The number of halogens is 1. The Morgan fingerprint density at radius 1 is 1.33 bits per heavy atom. The maximum Gasteiger partial charge on any atom is 0.202 e. The van der Waals surface area contributed by atoms with Crippen LogP contribution in [0.2, 0.25) is 0 Å². The number of aryl methyl sites for hydroxylation is 1. The lowest BCUT2D eigenvalue weighted by molar-refractivity contribution is 0.190. The van der Waals surface area contributed by atoms with Crippen LogP contribution in [0.15, 0.2) is 36.7 Å². The quantitative estimate of drug-likeness (QED) is 0.760. The van der Waals surface area contributed by atoms with Crippen molar-refractivity contribution < 1.29 is 9.13 Å². The van der Waals surface area contributed by atoms with Gasteiger partial charge < -0.3 is 14.6 Å². The summed E-state index contributed by atoms with van der Waals surface area (Å²) in [5.74, 6) is 0.661. The van der Waals surface area contributed by atoms with E-state index < -0.39 is 0 Å². The summed E-state index contributed by atoms with van der Waals surface area (Å²) >= 11 is 0. The molecule has 1 unspecified atom stereocenters. The van der Waals surface area contributed by atoms with Gasteiger partial charge >= 0.3 is 0 Å². The monoisotopic (exact) mass is 291 g/mol. The number of hydrogen-bond donors (Lipinski definition) is 1. The molecule has 0 amide bonds. The molecule has 0 bridgehead atoms. The second-order valence-electron chi connectivity index (χ2n) is 5.17. The minimum Gasteiger partial charge on any atom is -0.385 e. The van der Waals surface area contributed by atoms with Crippen LogP contribution in [0.1, 0.15) is 18.9 Å². The first-order valence-electron chi connectivity index (χ1n) is 7.20. The van der Waals surface area contributed by atoms with Crippen LogP contribution in [0.5, 0.6) is 0 Å². The molecular formula is C16H22FN3O. The zero-order valence-corrected chi connectivity index (χ0v) is 12.6. The van der Waals surface area contributed by atoms with E-state index in [0.29, 0.717) is 0 Å². The Kier molecular flexibility index (Phi) is 5.75. The number of aromatic nitrogens is 2. The first-order chi connectivity index (χ1) is 10.2. The molecule has 0 aliphatic rings. The summed E-state index contributed by atoms with van der Waals surface area (Å²) in [7, 11) is 1.71. The lowest BCUT2D eigenvalue weighted by Gasteiger charge is -2.16. The zero-order chi connectivity index (χ0) is 15.1. The van der Waals surface area contributed by atoms with Crippen LogP contribution in [0, 0.1) is 5.82 Å². The largest absolute Gasteiger partial charge is 0.385 e. The predicted molar refractivity (Wildman–Crippen MR) is 81.9 cm³/mol. The fourth-order valence-electron chi connectivity index (χ4n) is 2.25. The average molecular weight is 291 g/mol. The number of methoxy groups -OCH3 is 1. The molecule has 0 spiro atoms. The standard InChI is InChI=1S/C16H22FN3O/c1-13(12-14-4-6-15(17)7-5-14)19-16-18-8-10-20(16)9-3-11-21-2/h4-8,10,13H,3,9,11-12H2,1-2H3,(H,18,19). The normalized spacial score (nSPS) is 12.3. The van der Waals surface area contributed by atoms with Crippen LogP contribution in [-0.2, 0) is 17.7 Å². The Labute approximate surface area is 125 Å². The Bertz CT molecular complexity index is 539. The van der Waals surface area contributed by atoms with Crippen LogP contribution >= 0.6 is 0 Å². The number of benzene rings is 1. The first-order valence-corrected chi connectivity index (χ1v) is 7.20. The van der Waals surface area contributed by atoms with Gasteiger partial charge in [0.25, 0.3) is 0 Å². The van der Waals surface area contributed by atoms with Crippen LogP contribution in [0.3, 0.4) is 0 Å². The molecule has 2 aromatic rings. The van der Waals surface area contributed by atoms with Crippen molar-refractivity contribution in [2.45, 2.75) is 32.4 Å². The third kappa shape index (κ3) is 4.86. The summed E-state index contributed by atoms with van der Waals surface area (Å²) < 4.78 is 20.0. The fourth-order valence-corrected chi connectivity index (χ4v) is 2.25. The van der Waals surface area contributed by atoms with Crippen molar-refractivity contribution in [3.63, 3.8) is 0 Å². The number of imidazole rings is 1. The van der Waals surface area contributed by atoms with Crippen molar-refractivity contribution in [1.82, 2.24) is 9.55 Å². The Balaban J connectivity index is 1.88. The van der Waals surface area contributed by atoms with Crippen molar-refractivity contribution >= 4 is 5.95 Å². The van der Waals surface area contributed by atoms with Crippen LogP contribution < -0.4 is 5.32 Å². The van der Waals surface area contributed by atoms with E-state index in [1.807, 2.05) is 18.3 Å². The lowest BCUT2D eigenvalue weighted by Crippen LogP contribution is -2.21. The van der Waals surface area contributed by atoms with Gasteiger partial charge in [-0.1, -0.05) is 12.1 Å². The zero-order valence-electron chi connectivity index (χ0n) is 12.6. The highest BCUT2D eigenvalue weighted by Crippen LogP contribution is 2.11. The van der Waals surface area contributed by atoms with Gasteiger partial charge in [0, 0.05) is 38.7 Å². The third-order valence-corrected chi connectivity index (χ3v) is 3.29. The van der Waals surface area contributed by atoms with E-state index in [1.54, 1.807) is 13.3 Å². The molecule has 1 heterocycles. The molecule has 1 N–H and O–H groups in total.